The Kier molecular flexibility index (Phi) is 6.38. The maximum atomic E-state index is 6.32. The Bertz CT molecular complexity index is 402. The van der Waals surface area contributed by atoms with Gasteiger partial charge in [-0.05, 0) is 61.7 Å². The maximum Gasteiger partial charge on any atom is 0.0438 e. The molecule has 2 unspecified atom stereocenters. The molecule has 112 valence electrons. The van der Waals surface area contributed by atoms with E-state index in [-0.39, 0.29) is 0 Å². The van der Waals surface area contributed by atoms with E-state index in [2.05, 4.69) is 31.3 Å². The van der Waals surface area contributed by atoms with Crippen LogP contribution >= 0.6 is 11.6 Å². The van der Waals surface area contributed by atoms with Crippen molar-refractivity contribution in [1.82, 2.24) is 5.32 Å². The first-order valence-electron chi connectivity index (χ1n) is 8.11. The normalized spacial score (nSPS) is 23.2. The van der Waals surface area contributed by atoms with Crippen LogP contribution in [0.15, 0.2) is 24.3 Å². The van der Waals surface area contributed by atoms with Crippen LogP contribution < -0.4 is 5.32 Å². The second-order valence-corrected chi connectivity index (χ2v) is 7.06. The van der Waals surface area contributed by atoms with E-state index in [4.69, 9.17) is 11.6 Å². The van der Waals surface area contributed by atoms with Gasteiger partial charge in [0.2, 0.25) is 0 Å². The monoisotopic (exact) mass is 293 g/mol. The lowest BCUT2D eigenvalue weighted by Crippen LogP contribution is -2.33. The minimum Gasteiger partial charge on any atom is -0.316 e. The van der Waals surface area contributed by atoms with E-state index in [0.29, 0.717) is 0 Å². The highest BCUT2D eigenvalue weighted by molar-refractivity contribution is 6.31. The predicted octanol–water partition coefficient (Wildman–Crippen LogP) is 4.93. The molecule has 0 spiro atoms. The van der Waals surface area contributed by atoms with E-state index in [1.807, 2.05) is 12.1 Å². The van der Waals surface area contributed by atoms with Gasteiger partial charge in [0.05, 0.1) is 0 Å². The molecule has 0 heterocycles. The Labute approximate surface area is 129 Å². The third-order valence-corrected chi connectivity index (χ3v) is 4.83. The zero-order valence-electron chi connectivity index (χ0n) is 12.9. The summed E-state index contributed by atoms with van der Waals surface area (Å²) in [6, 6.07) is 8.34. The molecule has 0 aliphatic heterocycles. The lowest BCUT2D eigenvalue weighted by Gasteiger charge is -2.32. The van der Waals surface area contributed by atoms with Gasteiger partial charge in [-0.15, -0.1) is 0 Å². The Morgan fingerprint density at radius 1 is 1.15 bits per heavy atom. The van der Waals surface area contributed by atoms with Crippen LogP contribution in [0, 0.1) is 17.8 Å². The van der Waals surface area contributed by atoms with Crippen LogP contribution in [0.2, 0.25) is 5.02 Å². The Morgan fingerprint density at radius 2 is 1.85 bits per heavy atom. The quantitative estimate of drug-likeness (QED) is 0.784. The van der Waals surface area contributed by atoms with E-state index in [1.165, 1.54) is 37.8 Å². The molecule has 1 aliphatic carbocycles. The van der Waals surface area contributed by atoms with Crippen LogP contribution in [0.3, 0.4) is 0 Å². The summed E-state index contributed by atoms with van der Waals surface area (Å²) in [7, 11) is 0. The summed E-state index contributed by atoms with van der Waals surface area (Å²) in [5, 5.41) is 4.59. The third-order valence-electron chi connectivity index (χ3n) is 4.47. The van der Waals surface area contributed by atoms with Crippen LogP contribution in [-0.2, 0) is 6.42 Å². The molecule has 1 saturated carbocycles. The summed E-state index contributed by atoms with van der Waals surface area (Å²) in [4.78, 5) is 0. The molecule has 20 heavy (non-hydrogen) atoms. The fraction of sp³-hybridized carbons (Fsp3) is 0.667. The van der Waals surface area contributed by atoms with Crippen molar-refractivity contribution in [2.75, 3.05) is 13.1 Å². The fourth-order valence-electron chi connectivity index (χ4n) is 3.33. The fourth-order valence-corrected chi connectivity index (χ4v) is 3.54. The molecule has 0 aromatic heterocycles. The largest absolute Gasteiger partial charge is 0.316 e. The molecule has 2 atom stereocenters. The third kappa shape index (κ3) is 4.79. The van der Waals surface area contributed by atoms with Crippen LogP contribution in [0.25, 0.3) is 0 Å². The Morgan fingerprint density at radius 3 is 2.55 bits per heavy atom. The predicted molar refractivity (Wildman–Crippen MR) is 88.3 cm³/mol. The van der Waals surface area contributed by atoms with Crippen LogP contribution in [0.1, 0.15) is 45.1 Å². The molecule has 1 fully saturated rings. The van der Waals surface area contributed by atoms with Gasteiger partial charge in [0, 0.05) is 5.02 Å². The molecule has 1 aromatic rings. The summed E-state index contributed by atoms with van der Waals surface area (Å²) in [6.45, 7) is 6.85. The molecule has 0 saturated heterocycles. The van der Waals surface area contributed by atoms with Gasteiger partial charge in [-0.1, -0.05) is 56.5 Å². The second-order valence-electron chi connectivity index (χ2n) is 6.65. The Hall–Kier alpha value is -0.530. The molecule has 0 radical (unpaired) electrons. The first-order chi connectivity index (χ1) is 9.66. The average molecular weight is 294 g/mol. The Balaban J connectivity index is 1.91. The molecule has 2 rings (SSSR count). The second kappa shape index (κ2) is 8.05. The van der Waals surface area contributed by atoms with Crippen LogP contribution in [0.4, 0.5) is 0 Å². The van der Waals surface area contributed by atoms with Crippen molar-refractivity contribution in [3.8, 4) is 0 Å². The van der Waals surface area contributed by atoms with E-state index >= 15 is 0 Å². The highest BCUT2D eigenvalue weighted by atomic mass is 35.5. The number of halogens is 1. The van der Waals surface area contributed by atoms with Crippen LogP contribution in [-0.4, -0.2) is 13.1 Å². The molecular formula is C18H28ClN. The van der Waals surface area contributed by atoms with Crippen molar-refractivity contribution in [3.05, 3.63) is 34.9 Å². The number of hydrogen-bond donors (Lipinski definition) is 1. The van der Waals surface area contributed by atoms with Crippen molar-refractivity contribution in [2.45, 2.75) is 46.0 Å². The average Bonchev–Trinajstić information content (AvgIpc) is 2.43. The summed E-state index contributed by atoms with van der Waals surface area (Å²) in [5.74, 6) is 2.35. The van der Waals surface area contributed by atoms with Gasteiger partial charge in [0.15, 0.2) is 0 Å². The van der Waals surface area contributed by atoms with Crippen molar-refractivity contribution < 1.29 is 0 Å². The summed E-state index contributed by atoms with van der Waals surface area (Å²) < 4.78 is 0. The van der Waals surface area contributed by atoms with Gasteiger partial charge in [-0.3, -0.25) is 0 Å². The highest BCUT2D eigenvalue weighted by Gasteiger charge is 2.25. The van der Waals surface area contributed by atoms with Crippen LogP contribution in [0.5, 0.6) is 0 Å². The topological polar surface area (TPSA) is 12.0 Å². The molecule has 0 amide bonds. The summed E-state index contributed by atoms with van der Waals surface area (Å²) >= 11 is 6.32. The highest BCUT2D eigenvalue weighted by Crippen LogP contribution is 2.33. The standard InChI is InChI=1S/C18H28ClN/c1-14(2)12-20-13-17-9-4-3-7-15(17)11-16-8-5-6-10-18(16)19/h5-6,8,10,14-15,17,20H,3-4,7,9,11-13H2,1-2H3. The lowest BCUT2D eigenvalue weighted by molar-refractivity contribution is 0.226. The van der Waals surface area contributed by atoms with Gasteiger partial charge >= 0.3 is 0 Å². The van der Waals surface area contributed by atoms with Gasteiger partial charge in [0.1, 0.15) is 0 Å². The van der Waals surface area contributed by atoms with E-state index < -0.39 is 0 Å². The molecular weight excluding hydrogens is 266 g/mol. The van der Waals surface area contributed by atoms with Gasteiger partial charge in [0.25, 0.3) is 0 Å². The first-order valence-corrected chi connectivity index (χ1v) is 8.48. The van der Waals surface area contributed by atoms with Crippen molar-refractivity contribution in [3.63, 3.8) is 0 Å². The van der Waals surface area contributed by atoms with Gasteiger partial charge in [-0.25, -0.2) is 0 Å². The zero-order valence-corrected chi connectivity index (χ0v) is 13.6. The van der Waals surface area contributed by atoms with Gasteiger partial charge in [-0.2, -0.15) is 0 Å². The molecule has 1 aromatic carbocycles. The van der Waals surface area contributed by atoms with Crippen molar-refractivity contribution in [2.24, 2.45) is 17.8 Å². The molecule has 1 N–H and O–H groups in total. The lowest BCUT2D eigenvalue weighted by atomic mass is 9.76. The number of rotatable bonds is 6. The summed E-state index contributed by atoms with van der Waals surface area (Å²) in [6.07, 6.45) is 6.66. The van der Waals surface area contributed by atoms with Crippen molar-refractivity contribution >= 4 is 11.6 Å². The first kappa shape index (κ1) is 15.9. The van der Waals surface area contributed by atoms with E-state index in [1.54, 1.807) is 0 Å². The molecule has 1 aliphatic rings. The smallest absolute Gasteiger partial charge is 0.0438 e. The number of benzene rings is 1. The minimum absolute atomic E-state index is 0.737. The zero-order chi connectivity index (χ0) is 14.4. The van der Waals surface area contributed by atoms with E-state index in [0.717, 1.165) is 35.7 Å². The summed E-state index contributed by atoms with van der Waals surface area (Å²) in [5.41, 5.74) is 1.33. The van der Waals surface area contributed by atoms with E-state index in [9.17, 15) is 0 Å². The maximum absolute atomic E-state index is 6.32. The molecule has 2 heteroatoms. The number of nitrogens with one attached hydrogen (secondary N) is 1. The number of hydrogen-bond acceptors (Lipinski definition) is 1. The van der Waals surface area contributed by atoms with Gasteiger partial charge < -0.3 is 5.32 Å². The molecule has 0 bridgehead atoms. The molecule has 1 nitrogen and oxygen atoms in total. The van der Waals surface area contributed by atoms with Crippen molar-refractivity contribution in [1.29, 1.82) is 0 Å². The minimum atomic E-state index is 0.737. The SMILES string of the molecule is CC(C)CNCC1CCCCC1Cc1ccccc1Cl.